The van der Waals surface area contributed by atoms with Crippen LogP contribution in [0.4, 0.5) is 11.4 Å². The van der Waals surface area contributed by atoms with Gasteiger partial charge in [0.05, 0.1) is 0 Å². The van der Waals surface area contributed by atoms with Gasteiger partial charge in [0.15, 0.2) is 0 Å². The summed E-state index contributed by atoms with van der Waals surface area (Å²) in [7, 11) is 1.38. The van der Waals surface area contributed by atoms with Gasteiger partial charge in [0.25, 0.3) is 0 Å². The number of carbonyl (C=O) groups excluding carboxylic acids is 1. The van der Waals surface area contributed by atoms with Gasteiger partial charge in [0.2, 0.25) is 0 Å². The molecule has 202 valence electrons. The van der Waals surface area contributed by atoms with Crippen molar-refractivity contribution in [1.29, 1.82) is 0 Å². The SMILES string of the molecule is COC(=O)C(C)Oc1ccccc1[CH]=[Ru]=[C]1N(c2c(C)cc(C)cc2C)CCN1c1c(C)cc(C)cc1C. The summed E-state index contributed by atoms with van der Waals surface area (Å²) in [5.74, 6) is 0.313. The first kappa shape index (κ1) is 27.9. The monoisotopic (exact) mass is 600 g/mol. The number of hydrogen-bond acceptors (Lipinski definition) is 5. The van der Waals surface area contributed by atoms with Crippen LogP contribution in [-0.2, 0) is 25.8 Å². The molecule has 0 N–H and O–H groups in total. The minimum atomic E-state index is -0.673. The second-order valence-corrected chi connectivity index (χ2v) is 11.9. The van der Waals surface area contributed by atoms with Crippen LogP contribution in [0.5, 0.6) is 5.75 Å². The van der Waals surface area contributed by atoms with Gasteiger partial charge >= 0.3 is 235 Å². The Balaban J connectivity index is 1.87. The summed E-state index contributed by atoms with van der Waals surface area (Å²) in [4.78, 5) is 17.1. The molecule has 0 amide bonds. The Morgan fingerprint density at radius 1 is 0.842 bits per heavy atom. The number of rotatable bonds is 6. The standard InChI is InChI=1S/C21H26N2.C11H12O3.Ru/c1-14-9-16(3)20(17(4)10-14)22-7-8-23(13-22)21-18(5)11-15(2)12-19(21)6;1-8-6-4-5-7-10(8)14-9(2)11(12)13-3;/h9-12H,7-8H2,1-6H3;1,4-7,9H,2-3H3;. The molecule has 1 aliphatic rings. The summed E-state index contributed by atoms with van der Waals surface area (Å²) in [6.45, 7) is 16.8. The number of ether oxygens (including phenoxy) is 2. The molecule has 0 aromatic heterocycles. The molecule has 1 unspecified atom stereocenters. The predicted molar refractivity (Wildman–Crippen MR) is 155 cm³/mol. The van der Waals surface area contributed by atoms with Gasteiger partial charge in [-0.3, -0.25) is 0 Å². The molecule has 6 heteroatoms. The van der Waals surface area contributed by atoms with Crippen molar-refractivity contribution in [2.75, 3.05) is 30.0 Å². The van der Waals surface area contributed by atoms with Gasteiger partial charge in [-0.15, -0.1) is 0 Å². The normalized spacial score (nSPS) is 14.1. The zero-order chi connectivity index (χ0) is 27.6. The summed E-state index contributed by atoms with van der Waals surface area (Å²) >= 11 is -0.337. The Morgan fingerprint density at radius 2 is 1.32 bits per heavy atom. The fourth-order valence-electron chi connectivity index (χ4n) is 5.41. The number of para-hydroxylation sites is 1. The first-order valence-electron chi connectivity index (χ1n) is 13.0. The van der Waals surface area contributed by atoms with Crippen molar-refractivity contribution in [1.82, 2.24) is 0 Å². The molecule has 5 nitrogen and oxygen atoms in total. The number of methoxy groups -OCH3 is 1. The van der Waals surface area contributed by atoms with Crippen molar-refractivity contribution >= 4 is 26.3 Å². The molecule has 0 bridgehead atoms. The molecule has 0 spiro atoms. The molecule has 3 aromatic rings. The number of hydrogen-bond donors (Lipinski definition) is 0. The summed E-state index contributed by atoms with van der Waals surface area (Å²) in [5, 5.41) is 0. The third kappa shape index (κ3) is 5.81. The third-order valence-electron chi connectivity index (χ3n) is 6.80. The van der Waals surface area contributed by atoms with Crippen molar-refractivity contribution in [2.24, 2.45) is 0 Å². The summed E-state index contributed by atoms with van der Waals surface area (Å²) in [6, 6.07) is 17.0. The zero-order valence-corrected chi connectivity index (χ0v) is 25.4. The van der Waals surface area contributed by atoms with Crippen LogP contribution < -0.4 is 14.5 Å². The first-order chi connectivity index (χ1) is 18.1. The zero-order valence-electron chi connectivity index (χ0n) is 23.7. The Labute approximate surface area is 234 Å². The maximum atomic E-state index is 12.0. The minimum absolute atomic E-state index is 0.337. The van der Waals surface area contributed by atoms with E-state index in [0.717, 1.165) is 18.7 Å². The second-order valence-electron chi connectivity index (χ2n) is 10.1. The number of nitrogens with zero attached hydrogens (tertiary/aromatic N) is 2. The third-order valence-corrected chi connectivity index (χ3v) is 8.98. The Hall–Kier alpha value is -3.11. The van der Waals surface area contributed by atoms with Crippen molar-refractivity contribution in [3.05, 3.63) is 87.5 Å². The molecular formula is C32H38N2O3Ru. The maximum absolute atomic E-state index is 12.0. The molecule has 1 aliphatic heterocycles. The molecule has 1 atom stereocenters. The van der Waals surface area contributed by atoms with E-state index in [1.165, 1.54) is 56.2 Å². The molecule has 4 rings (SSSR count). The van der Waals surface area contributed by atoms with E-state index in [2.05, 4.69) is 86.3 Å². The fourth-order valence-corrected chi connectivity index (χ4v) is 7.64. The topological polar surface area (TPSA) is 42.0 Å². The van der Waals surface area contributed by atoms with Crippen molar-refractivity contribution < 1.29 is 30.5 Å². The van der Waals surface area contributed by atoms with Crippen molar-refractivity contribution in [3.8, 4) is 5.75 Å². The second kappa shape index (κ2) is 11.7. The van der Waals surface area contributed by atoms with Crippen LogP contribution in [0.25, 0.3) is 0 Å². The van der Waals surface area contributed by atoms with Crippen LogP contribution in [0.1, 0.15) is 45.9 Å². The summed E-state index contributed by atoms with van der Waals surface area (Å²) in [6.07, 6.45) is -0.673. The number of anilines is 2. The predicted octanol–water partition coefficient (Wildman–Crippen LogP) is 5.82. The van der Waals surface area contributed by atoms with Gasteiger partial charge in [0, 0.05) is 0 Å². The Bertz CT molecular complexity index is 1320. The van der Waals surface area contributed by atoms with E-state index in [-0.39, 0.29) is 22.2 Å². The van der Waals surface area contributed by atoms with Crippen LogP contribution >= 0.6 is 0 Å². The van der Waals surface area contributed by atoms with Crippen molar-refractivity contribution in [3.63, 3.8) is 0 Å². The molecular weight excluding hydrogens is 561 g/mol. The Kier molecular flexibility index (Phi) is 8.62. The molecule has 1 fully saturated rings. The summed E-state index contributed by atoms with van der Waals surface area (Å²) in [5.41, 5.74) is 11.4. The molecule has 38 heavy (non-hydrogen) atoms. The van der Waals surface area contributed by atoms with Gasteiger partial charge in [-0.25, -0.2) is 0 Å². The van der Waals surface area contributed by atoms with Crippen LogP contribution in [0, 0.1) is 41.5 Å². The van der Waals surface area contributed by atoms with Gasteiger partial charge in [-0.1, -0.05) is 0 Å². The quantitative estimate of drug-likeness (QED) is 0.264. The van der Waals surface area contributed by atoms with E-state index in [0.29, 0.717) is 5.75 Å². The van der Waals surface area contributed by atoms with Crippen LogP contribution in [-0.4, -0.2) is 41.2 Å². The van der Waals surface area contributed by atoms with Crippen LogP contribution in [0.3, 0.4) is 0 Å². The van der Waals surface area contributed by atoms with Gasteiger partial charge in [-0.2, -0.15) is 0 Å². The fraction of sp³-hybridized carbons (Fsp3) is 0.344. The van der Waals surface area contributed by atoms with E-state index in [1.807, 2.05) is 18.2 Å². The van der Waals surface area contributed by atoms with Crippen LogP contribution in [0.15, 0.2) is 48.5 Å². The van der Waals surface area contributed by atoms with E-state index >= 15 is 0 Å². The van der Waals surface area contributed by atoms with Gasteiger partial charge < -0.3 is 0 Å². The number of esters is 1. The molecule has 0 aliphatic carbocycles. The van der Waals surface area contributed by atoms with E-state index in [1.54, 1.807) is 6.92 Å². The molecule has 1 heterocycles. The number of aryl methyl sites for hydroxylation is 6. The van der Waals surface area contributed by atoms with E-state index in [9.17, 15) is 4.79 Å². The van der Waals surface area contributed by atoms with Gasteiger partial charge in [0.1, 0.15) is 0 Å². The van der Waals surface area contributed by atoms with Crippen molar-refractivity contribution in [2.45, 2.75) is 54.6 Å². The molecule has 0 saturated carbocycles. The summed E-state index contributed by atoms with van der Waals surface area (Å²) < 4.78 is 14.5. The van der Waals surface area contributed by atoms with E-state index in [4.69, 9.17) is 9.47 Å². The Morgan fingerprint density at radius 3 is 1.79 bits per heavy atom. The molecule has 0 radical (unpaired) electrons. The molecule has 1 saturated heterocycles. The van der Waals surface area contributed by atoms with Crippen LogP contribution in [0.2, 0.25) is 0 Å². The average Bonchev–Trinajstić information content (AvgIpc) is 3.24. The molecule has 3 aromatic carbocycles. The number of benzene rings is 3. The average molecular weight is 600 g/mol. The first-order valence-corrected chi connectivity index (χ1v) is 14.8. The van der Waals surface area contributed by atoms with Gasteiger partial charge in [-0.05, 0) is 0 Å². The van der Waals surface area contributed by atoms with E-state index < -0.39 is 6.10 Å². The number of carbonyl (C=O) groups is 1.